The van der Waals surface area contributed by atoms with Gasteiger partial charge in [-0.05, 0) is 30.7 Å². The molecule has 0 bridgehead atoms. The van der Waals surface area contributed by atoms with E-state index in [9.17, 15) is 0 Å². The Morgan fingerprint density at radius 1 is 1.21 bits per heavy atom. The largest absolute Gasteiger partial charge is 0.252 e. The molecule has 0 spiro atoms. The summed E-state index contributed by atoms with van der Waals surface area (Å²) in [6.45, 7) is 2.05. The molecular weight excluding hydrogens is 174 g/mol. The molecule has 0 N–H and O–H groups in total. The van der Waals surface area contributed by atoms with Crippen molar-refractivity contribution >= 4 is 16.6 Å². The summed E-state index contributed by atoms with van der Waals surface area (Å²) in [6.07, 6.45) is 3.81. The number of rotatable bonds is 0. The summed E-state index contributed by atoms with van der Waals surface area (Å²) in [5.41, 5.74) is 4.17. The zero-order chi connectivity index (χ0) is 9.54. The molecule has 0 saturated carbocycles. The predicted octanol–water partition coefficient (Wildman–Crippen LogP) is 2.19. The molecule has 0 aliphatic carbocycles. The fraction of sp³-hybridized carbons (Fsp3) is 0.0909. The molecule has 0 unspecified atom stereocenters. The number of aryl methyl sites for hydroxylation is 1. The number of hydrogen-bond donors (Lipinski definition) is 0. The Bertz CT molecular complexity index is 610. The van der Waals surface area contributed by atoms with Gasteiger partial charge in [-0.2, -0.15) is 5.10 Å². The van der Waals surface area contributed by atoms with E-state index in [4.69, 9.17) is 0 Å². The van der Waals surface area contributed by atoms with Crippen LogP contribution in [0.1, 0.15) is 5.56 Å². The molecule has 3 nitrogen and oxygen atoms in total. The second-order valence-corrected chi connectivity index (χ2v) is 3.41. The van der Waals surface area contributed by atoms with Crippen LogP contribution in [-0.2, 0) is 0 Å². The van der Waals surface area contributed by atoms with Gasteiger partial charge in [0.05, 0.1) is 5.52 Å². The highest BCUT2D eigenvalue weighted by molar-refractivity contribution is 5.90. The Kier molecular flexibility index (Phi) is 1.36. The van der Waals surface area contributed by atoms with Crippen LogP contribution in [0.5, 0.6) is 0 Å². The SMILES string of the molecule is Cc1ccc2c3ncccc3nn2c1. The van der Waals surface area contributed by atoms with Crippen molar-refractivity contribution in [3.05, 3.63) is 42.2 Å². The summed E-state index contributed by atoms with van der Waals surface area (Å²) in [6, 6.07) is 8.01. The van der Waals surface area contributed by atoms with Gasteiger partial charge in [0.15, 0.2) is 0 Å². The van der Waals surface area contributed by atoms with Gasteiger partial charge in [0, 0.05) is 12.4 Å². The van der Waals surface area contributed by atoms with E-state index in [0.717, 1.165) is 16.6 Å². The third-order valence-corrected chi connectivity index (χ3v) is 2.32. The predicted molar refractivity (Wildman–Crippen MR) is 55.2 cm³/mol. The molecule has 0 fully saturated rings. The average molecular weight is 183 g/mol. The lowest BCUT2D eigenvalue weighted by Gasteiger charge is -1.93. The standard InChI is InChI=1S/C11H9N3/c1-8-4-5-10-11-9(3-2-6-12-11)13-14(10)7-8/h2-7H,1H3. The molecule has 0 radical (unpaired) electrons. The van der Waals surface area contributed by atoms with E-state index in [1.54, 1.807) is 6.20 Å². The topological polar surface area (TPSA) is 30.2 Å². The zero-order valence-corrected chi connectivity index (χ0v) is 7.81. The zero-order valence-electron chi connectivity index (χ0n) is 7.81. The third kappa shape index (κ3) is 0.923. The normalized spacial score (nSPS) is 11.2. The highest BCUT2D eigenvalue weighted by Crippen LogP contribution is 2.16. The van der Waals surface area contributed by atoms with E-state index in [-0.39, 0.29) is 0 Å². The first kappa shape index (κ1) is 7.50. The fourth-order valence-electron chi connectivity index (χ4n) is 1.65. The molecule has 3 rings (SSSR count). The molecule has 0 aliphatic heterocycles. The number of nitrogens with zero attached hydrogens (tertiary/aromatic N) is 3. The lowest BCUT2D eigenvalue weighted by Crippen LogP contribution is -1.86. The van der Waals surface area contributed by atoms with Crippen molar-refractivity contribution in [2.24, 2.45) is 0 Å². The Hall–Kier alpha value is -1.90. The van der Waals surface area contributed by atoms with Crippen molar-refractivity contribution in [1.29, 1.82) is 0 Å². The molecule has 14 heavy (non-hydrogen) atoms. The van der Waals surface area contributed by atoms with Crippen LogP contribution in [-0.4, -0.2) is 14.6 Å². The Morgan fingerprint density at radius 2 is 2.14 bits per heavy atom. The van der Waals surface area contributed by atoms with Crippen LogP contribution >= 0.6 is 0 Å². The van der Waals surface area contributed by atoms with Crippen molar-refractivity contribution in [3.8, 4) is 0 Å². The van der Waals surface area contributed by atoms with E-state index < -0.39 is 0 Å². The molecule has 0 amide bonds. The summed E-state index contributed by atoms with van der Waals surface area (Å²) in [7, 11) is 0. The van der Waals surface area contributed by atoms with Gasteiger partial charge in [-0.3, -0.25) is 4.98 Å². The second kappa shape index (κ2) is 2.54. The molecule has 0 atom stereocenters. The van der Waals surface area contributed by atoms with Gasteiger partial charge in [0.25, 0.3) is 0 Å². The molecular formula is C11H9N3. The van der Waals surface area contributed by atoms with E-state index in [1.165, 1.54) is 5.56 Å². The maximum Gasteiger partial charge on any atom is 0.116 e. The molecule has 68 valence electrons. The Balaban J connectivity index is 2.57. The summed E-state index contributed by atoms with van der Waals surface area (Å²) in [5.74, 6) is 0. The third-order valence-electron chi connectivity index (χ3n) is 2.32. The van der Waals surface area contributed by atoms with Crippen LogP contribution in [0.4, 0.5) is 0 Å². The van der Waals surface area contributed by atoms with Crippen LogP contribution in [0.25, 0.3) is 16.6 Å². The van der Waals surface area contributed by atoms with Crippen LogP contribution in [0.2, 0.25) is 0 Å². The van der Waals surface area contributed by atoms with Crippen molar-refractivity contribution in [1.82, 2.24) is 14.6 Å². The maximum absolute atomic E-state index is 4.43. The van der Waals surface area contributed by atoms with Gasteiger partial charge < -0.3 is 0 Å². The van der Waals surface area contributed by atoms with Gasteiger partial charge in [-0.1, -0.05) is 6.07 Å². The lowest BCUT2D eigenvalue weighted by atomic mass is 10.3. The minimum Gasteiger partial charge on any atom is -0.252 e. The smallest absolute Gasteiger partial charge is 0.116 e. The molecule has 3 heterocycles. The lowest BCUT2D eigenvalue weighted by molar-refractivity contribution is 0.971. The average Bonchev–Trinajstić information content (AvgIpc) is 2.54. The summed E-state index contributed by atoms with van der Waals surface area (Å²) < 4.78 is 1.88. The van der Waals surface area contributed by atoms with Crippen LogP contribution in [0.15, 0.2) is 36.7 Å². The maximum atomic E-state index is 4.43. The van der Waals surface area contributed by atoms with E-state index in [2.05, 4.69) is 29.1 Å². The second-order valence-electron chi connectivity index (χ2n) is 3.41. The number of fused-ring (bicyclic) bond motifs is 3. The molecule has 0 aliphatic rings. The quantitative estimate of drug-likeness (QED) is 0.534. The molecule has 0 aromatic carbocycles. The van der Waals surface area contributed by atoms with Gasteiger partial charge in [-0.25, -0.2) is 4.52 Å². The Labute approximate surface area is 81.0 Å². The van der Waals surface area contributed by atoms with E-state index in [1.807, 2.05) is 22.8 Å². The number of hydrogen-bond acceptors (Lipinski definition) is 2. The minimum absolute atomic E-state index is 0.943. The first-order valence-corrected chi connectivity index (χ1v) is 4.54. The van der Waals surface area contributed by atoms with Crippen molar-refractivity contribution in [2.75, 3.05) is 0 Å². The molecule has 3 aromatic heterocycles. The fourth-order valence-corrected chi connectivity index (χ4v) is 1.65. The molecule has 3 heteroatoms. The van der Waals surface area contributed by atoms with Crippen molar-refractivity contribution in [3.63, 3.8) is 0 Å². The number of pyridine rings is 2. The first-order chi connectivity index (χ1) is 6.84. The van der Waals surface area contributed by atoms with Crippen LogP contribution < -0.4 is 0 Å². The summed E-state index contributed by atoms with van der Waals surface area (Å²) in [5, 5.41) is 4.43. The highest BCUT2D eigenvalue weighted by Gasteiger charge is 2.03. The minimum atomic E-state index is 0.943. The molecule has 3 aromatic rings. The monoisotopic (exact) mass is 183 g/mol. The highest BCUT2D eigenvalue weighted by atomic mass is 15.2. The van der Waals surface area contributed by atoms with Crippen LogP contribution in [0.3, 0.4) is 0 Å². The van der Waals surface area contributed by atoms with Crippen molar-refractivity contribution < 1.29 is 0 Å². The first-order valence-electron chi connectivity index (χ1n) is 4.54. The van der Waals surface area contributed by atoms with Gasteiger partial charge >= 0.3 is 0 Å². The van der Waals surface area contributed by atoms with Crippen LogP contribution in [0, 0.1) is 6.92 Å². The Morgan fingerprint density at radius 3 is 3.07 bits per heavy atom. The van der Waals surface area contributed by atoms with Gasteiger partial charge in [-0.15, -0.1) is 0 Å². The van der Waals surface area contributed by atoms with Gasteiger partial charge in [0.2, 0.25) is 0 Å². The van der Waals surface area contributed by atoms with Crippen molar-refractivity contribution in [2.45, 2.75) is 6.92 Å². The van der Waals surface area contributed by atoms with Gasteiger partial charge in [0.1, 0.15) is 11.0 Å². The van der Waals surface area contributed by atoms with E-state index in [0.29, 0.717) is 0 Å². The number of aromatic nitrogens is 3. The summed E-state index contributed by atoms with van der Waals surface area (Å²) in [4.78, 5) is 4.32. The molecule has 0 saturated heterocycles. The van der Waals surface area contributed by atoms with E-state index >= 15 is 0 Å². The summed E-state index contributed by atoms with van der Waals surface area (Å²) >= 11 is 0.